The molecule has 2 aromatic carbocycles. The maximum atomic E-state index is 11.9. The van der Waals surface area contributed by atoms with Crippen LogP contribution in [0.15, 0.2) is 46.6 Å². The van der Waals surface area contributed by atoms with E-state index in [9.17, 15) is 9.90 Å². The molecule has 4 rings (SSSR count). The standard InChI is InChI=1S/C18H13N3O3/c1-24-18(23)13-4-2-3-12-14(17(22)20-16(12)13)7-10-5-6-11-9-19-21-15(11)8-10/h2-9,20,22H,1H3/b10-7+. The molecule has 0 radical (unpaired) electrons. The highest BCUT2D eigenvalue weighted by Crippen LogP contribution is 2.30. The summed E-state index contributed by atoms with van der Waals surface area (Å²) in [5.74, 6) is -0.461. The number of para-hydroxylation sites is 1. The third-order valence-electron chi connectivity index (χ3n) is 3.99. The van der Waals surface area contributed by atoms with E-state index in [1.54, 1.807) is 18.3 Å². The van der Waals surface area contributed by atoms with Crippen LogP contribution >= 0.6 is 0 Å². The zero-order valence-electron chi connectivity index (χ0n) is 12.8. The van der Waals surface area contributed by atoms with Crippen LogP contribution in [0.1, 0.15) is 15.9 Å². The molecule has 2 heterocycles. The van der Waals surface area contributed by atoms with E-state index in [0.717, 1.165) is 21.5 Å². The number of aromatic hydroxyl groups is 1. The van der Waals surface area contributed by atoms with Crippen LogP contribution < -0.4 is 10.4 Å². The second-order valence-corrected chi connectivity index (χ2v) is 5.41. The molecular formula is C18H13N3O3. The van der Waals surface area contributed by atoms with Gasteiger partial charge in [-0.25, -0.2) is 4.79 Å². The number of nitrogens with one attached hydrogen (secondary N) is 1. The Morgan fingerprint density at radius 2 is 2.17 bits per heavy atom. The second-order valence-electron chi connectivity index (χ2n) is 5.41. The van der Waals surface area contributed by atoms with E-state index in [0.29, 0.717) is 16.6 Å². The predicted octanol–water partition coefficient (Wildman–Crippen LogP) is 2.32. The molecule has 0 fully saturated rings. The minimum atomic E-state index is -0.457. The summed E-state index contributed by atoms with van der Waals surface area (Å²) in [6.45, 7) is 0. The Labute approximate surface area is 136 Å². The molecule has 0 amide bonds. The molecule has 1 aromatic heterocycles. The van der Waals surface area contributed by atoms with Crippen LogP contribution in [-0.2, 0) is 4.74 Å². The highest BCUT2D eigenvalue weighted by Gasteiger charge is 2.16. The Morgan fingerprint density at radius 3 is 3.00 bits per heavy atom. The van der Waals surface area contributed by atoms with Gasteiger partial charge >= 0.3 is 5.97 Å². The van der Waals surface area contributed by atoms with Gasteiger partial charge in [0.2, 0.25) is 0 Å². The number of aromatic amines is 1. The van der Waals surface area contributed by atoms with Gasteiger partial charge in [0.15, 0.2) is 5.88 Å². The van der Waals surface area contributed by atoms with Crippen LogP contribution in [0.4, 0.5) is 5.69 Å². The molecule has 0 spiro atoms. The molecule has 118 valence electrons. The summed E-state index contributed by atoms with van der Waals surface area (Å²) in [5, 5.41) is 20.8. The largest absolute Gasteiger partial charge is 0.494 e. The van der Waals surface area contributed by atoms with E-state index in [1.165, 1.54) is 7.11 Å². The molecule has 2 N–H and O–H groups in total. The lowest BCUT2D eigenvalue weighted by Crippen LogP contribution is -2.06. The minimum Gasteiger partial charge on any atom is -0.494 e. The van der Waals surface area contributed by atoms with Gasteiger partial charge in [0, 0.05) is 16.2 Å². The van der Waals surface area contributed by atoms with E-state index in [-0.39, 0.29) is 5.88 Å². The molecule has 0 saturated carbocycles. The van der Waals surface area contributed by atoms with Gasteiger partial charge in [-0.1, -0.05) is 24.3 Å². The number of esters is 1. The highest BCUT2D eigenvalue weighted by molar-refractivity contribution is 6.06. The first-order valence-corrected chi connectivity index (χ1v) is 7.32. The van der Waals surface area contributed by atoms with Crippen molar-refractivity contribution in [1.29, 1.82) is 0 Å². The third-order valence-corrected chi connectivity index (χ3v) is 3.99. The number of azo groups is 1. The van der Waals surface area contributed by atoms with Gasteiger partial charge in [0.1, 0.15) is 0 Å². The summed E-state index contributed by atoms with van der Waals surface area (Å²) >= 11 is 0. The van der Waals surface area contributed by atoms with Crippen molar-refractivity contribution >= 4 is 34.8 Å². The van der Waals surface area contributed by atoms with E-state index in [2.05, 4.69) is 15.2 Å². The maximum Gasteiger partial charge on any atom is 0.339 e. The number of ether oxygens (including phenoxy) is 1. The van der Waals surface area contributed by atoms with Crippen LogP contribution in [0.25, 0.3) is 23.2 Å². The molecule has 6 heteroatoms. The van der Waals surface area contributed by atoms with Crippen molar-refractivity contribution in [3.63, 3.8) is 0 Å². The molecule has 6 nitrogen and oxygen atoms in total. The fraction of sp³-hybridized carbons (Fsp3) is 0.0556. The Balaban J connectivity index is 1.93. The summed E-state index contributed by atoms with van der Waals surface area (Å²) in [6, 6.07) is 11.0. The van der Waals surface area contributed by atoms with Gasteiger partial charge in [0.05, 0.1) is 30.1 Å². The van der Waals surface area contributed by atoms with E-state index >= 15 is 0 Å². The molecule has 3 aromatic rings. The van der Waals surface area contributed by atoms with Gasteiger partial charge < -0.3 is 14.8 Å². The van der Waals surface area contributed by atoms with Crippen LogP contribution in [0.3, 0.4) is 0 Å². The monoisotopic (exact) mass is 319 g/mol. The Hall–Kier alpha value is -3.41. The van der Waals surface area contributed by atoms with Gasteiger partial charge in [0.25, 0.3) is 0 Å². The van der Waals surface area contributed by atoms with Crippen LogP contribution in [0.5, 0.6) is 5.88 Å². The summed E-state index contributed by atoms with van der Waals surface area (Å²) in [4.78, 5) is 14.7. The third kappa shape index (κ3) is 2.16. The SMILES string of the molecule is COC(=O)c1cccc2c(/C=c3\ccc4c(c3)N=NC=4)c(O)[nH]c12. The number of rotatable bonds is 2. The first kappa shape index (κ1) is 14.2. The molecule has 1 aliphatic heterocycles. The average Bonchev–Trinajstić information content (AvgIpc) is 3.18. The van der Waals surface area contributed by atoms with Gasteiger partial charge in [-0.15, -0.1) is 0 Å². The minimum absolute atomic E-state index is 0.00459. The number of carbonyl (C=O) groups is 1. The number of H-pyrrole nitrogens is 1. The number of methoxy groups -OCH3 is 1. The topological polar surface area (TPSA) is 87.0 Å². The molecule has 1 aliphatic rings. The fourth-order valence-electron chi connectivity index (χ4n) is 2.82. The fourth-order valence-corrected chi connectivity index (χ4v) is 2.82. The first-order chi connectivity index (χ1) is 11.7. The zero-order valence-corrected chi connectivity index (χ0v) is 12.8. The van der Waals surface area contributed by atoms with Crippen molar-refractivity contribution < 1.29 is 14.6 Å². The lowest BCUT2D eigenvalue weighted by Gasteiger charge is -2.00. The van der Waals surface area contributed by atoms with Crippen LogP contribution in [0.2, 0.25) is 0 Å². The molecule has 0 saturated heterocycles. The van der Waals surface area contributed by atoms with Crippen molar-refractivity contribution in [3.8, 4) is 5.88 Å². The van der Waals surface area contributed by atoms with Crippen molar-refractivity contribution in [2.45, 2.75) is 0 Å². The highest BCUT2D eigenvalue weighted by atomic mass is 16.5. The Bertz CT molecular complexity index is 1130. The lowest BCUT2D eigenvalue weighted by molar-refractivity contribution is 0.0603. The Morgan fingerprint density at radius 1 is 1.29 bits per heavy atom. The van der Waals surface area contributed by atoms with Crippen LogP contribution in [0, 0.1) is 0 Å². The van der Waals surface area contributed by atoms with Gasteiger partial charge in [-0.3, -0.25) is 0 Å². The normalized spacial score (nSPS) is 13.1. The molecule has 0 atom stereocenters. The number of fused-ring (bicyclic) bond motifs is 2. The molecule has 24 heavy (non-hydrogen) atoms. The second kappa shape index (κ2) is 5.34. The maximum absolute atomic E-state index is 11.9. The van der Waals surface area contributed by atoms with Crippen molar-refractivity contribution in [3.05, 3.63) is 58.0 Å². The average molecular weight is 319 g/mol. The molecule has 0 aliphatic carbocycles. The van der Waals surface area contributed by atoms with Crippen molar-refractivity contribution in [2.75, 3.05) is 7.11 Å². The van der Waals surface area contributed by atoms with E-state index in [4.69, 9.17) is 4.74 Å². The number of nitrogens with zero attached hydrogens (tertiary/aromatic N) is 2. The van der Waals surface area contributed by atoms with Gasteiger partial charge in [-0.2, -0.15) is 10.2 Å². The predicted molar refractivity (Wildman–Crippen MR) is 89.5 cm³/mol. The van der Waals surface area contributed by atoms with E-state index < -0.39 is 5.97 Å². The Kier molecular flexibility index (Phi) is 3.16. The first-order valence-electron chi connectivity index (χ1n) is 7.32. The molecule has 0 bridgehead atoms. The number of hydrogen-bond donors (Lipinski definition) is 2. The lowest BCUT2D eigenvalue weighted by atomic mass is 10.1. The summed E-state index contributed by atoms with van der Waals surface area (Å²) in [7, 11) is 1.33. The van der Waals surface area contributed by atoms with E-state index in [1.807, 2.05) is 30.3 Å². The summed E-state index contributed by atoms with van der Waals surface area (Å²) in [6.07, 6.45) is 3.54. The number of hydrogen-bond acceptors (Lipinski definition) is 5. The smallest absolute Gasteiger partial charge is 0.339 e. The number of aromatic nitrogens is 1. The molecule has 0 unspecified atom stereocenters. The quantitative estimate of drug-likeness (QED) is 0.711. The summed E-state index contributed by atoms with van der Waals surface area (Å²) in [5.41, 5.74) is 2.32. The number of carbonyl (C=O) groups excluding carboxylic acids is 1. The van der Waals surface area contributed by atoms with Gasteiger partial charge in [-0.05, 0) is 23.4 Å². The molecular weight excluding hydrogens is 306 g/mol. The van der Waals surface area contributed by atoms with Crippen molar-refractivity contribution in [2.24, 2.45) is 10.2 Å². The summed E-state index contributed by atoms with van der Waals surface area (Å²) < 4.78 is 4.79. The zero-order chi connectivity index (χ0) is 16.7. The number of benzene rings is 2. The van der Waals surface area contributed by atoms with Crippen molar-refractivity contribution in [1.82, 2.24) is 4.98 Å². The van der Waals surface area contributed by atoms with Crippen LogP contribution in [-0.4, -0.2) is 23.2 Å².